The van der Waals surface area contributed by atoms with Gasteiger partial charge in [-0.05, 0) is 49.4 Å². The molecule has 1 N–H and O–H groups in total. The summed E-state index contributed by atoms with van der Waals surface area (Å²) in [6.45, 7) is 6.02. The fourth-order valence-electron chi connectivity index (χ4n) is 4.99. The van der Waals surface area contributed by atoms with Crippen molar-refractivity contribution in [2.45, 2.75) is 44.6 Å². The van der Waals surface area contributed by atoms with E-state index in [1.807, 2.05) is 12.1 Å². The Hall–Kier alpha value is -2.28. The molecule has 2 saturated heterocycles. The van der Waals surface area contributed by atoms with Gasteiger partial charge in [0.05, 0.1) is 13.8 Å². The Morgan fingerprint density at radius 3 is 2.59 bits per heavy atom. The molecular formula is C22H32N4O3. The van der Waals surface area contributed by atoms with E-state index in [2.05, 4.69) is 34.2 Å². The van der Waals surface area contributed by atoms with Crippen molar-refractivity contribution in [3.8, 4) is 5.75 Å². The number of methoxy groups -OCH3 is 1. The van der Waals surface area contributed by atoms with Gasteiger partial charge in [0.25, 0.3) is 5.91 Å². The van der Waals surface area contributed by atoms with E-state index in [1.54, 1.807) is 7.11 Å². The number of amides is 3. The molecule has 7 nitrogen and oxygen atoms in total. The number of imide groups is 1. The van der Waals surface area contributed by atoms with Crippen LogP contribution >= 0.6 is 0 Å². The Bertz CT molecular complexity index is 753. The summed E-state index contributed by atoms with van der Waals surface area (Å²) >= 11 is 0. The Morgan fingerprint density at radius 2 is 1.86 bits per heavy atom. The summed E-state index contributed by atoms with van der Waals surface area (Å²) in [5, 5.41) is 3.06. The molecule has 3 aliphatic rings. The fraction of sp³-hybridized carbons (Fsp3) is 0.636. The van der Waals surface area contributed by atoms with Crippen LogP contribution in [-0.4, -0.2) is 67.2 Å². The third kappa shape index (κ3) is 3.80. The first-order valence-electron chi connectivity index (χ1n) is 10.8. The second kappa shape index (κ2) is 8.22. The van der Waals surface area contributed by atoms with Crippen molar-refractivity contribution >= 4 is 17.6 Å². The molecule has 1 saturated carbocycles. The van der Waals surface area contributed by atoms with Gasteiger partial charge in [0.15, 0.2) is 0 Å². The summed E-state index contributed by atoms with van der Waals surface area (Å²) in [6.07, 6.45) is 4.90. The van der Waals surface area contributed by atoms with Crippen LogP contribution in [0.2, 0.25) is 0 Å². The molecule has 29 heavy (non-hydrogen) atoms. The quantitative estimate of drug-likeness (QED) is 0.788. The van der Waals surface area contributed by atoms with Gasteiger partial charge in [0, 0.05) is 31.9 Å². The zero-order chi connectivity index (χ0) is 20.4. The van der Waals surface area contributed by atoms with Crippen LogP contribution in [0.25, 0.3) is 0 Å². The lowest BCUT2D eigenvalue weighted by Crippen LogP contribution is -2.54. The number of nitrogens with zero attached hydrogens (tertiary/aromatic N) is 3. The van der Waals surface area contributed by atoms with Gasteiger partial charge in [0.1, 0.15) is 11.3 Å². The van der Waals surface area contributed by atoms with Crippen LogP contribution in [0.15, 0.2) is 24.3 Å². The molecule has 3 fully saturated rings. The number of ether oxygens (including phenoxy) is 1. The Balaban J connectivity index is 1.38. The largest absolute Gasteiger partial charge is 0.497 e. The first kappa shape index (κ1) is 20.0. The summed E-state index contributed by atoms with van der Waals surface area (Å²) in [5.41, 5.74) is 0.508. The van der Waals surface area contributed by atoms with Gasteiger partial charge in [-0.2, -0.15) is 0 Å². The lowest BCUT2D eigenvalue weighted by molar-refractivity contribution is -0.135. The zero-order valence-electron chi connectivity index (χ0n) is 17.5. The predicted octanol–water partition coefficient (Wildman–Crippen LogP) is 2.67. The molecule has 7 heteroatoms. The summed E-state index contributed by atoms with van der Waals surface area (Å²) < 4.78 is 5.25. The molecule has 0 bridgehead atoms. The molecule has 4 rings (SSSR count). The molecule has 2 atom stereocenters. The summed E-state index contributed by atoms with van der Waals surface area (Å²) in [4.78, 5) is 31.9. The molecule has 1 spiro atoms. The van der Waals surface area contributed by atoms with Crippen molar-refractivity contribution < 1.29 is 14.3 Å². The Labute approximate surface area is 173 Å². The number of anilines is 1. The first-order valence-corrected chi connectivity index (χ1v) is 10.8. The van der Waals surface area contributed by atoms with Gasteiger partial charge < -0.3 is 15.0 Å². The maximum absolute atomic E-state index is 13.2. The summed E-state index contributed by atoms with van der Waals surface area (Å²) in [5.74, 6) is 1.04. The van der Waals surface area contributed by atoms with E-state index in [9.17, 15) is 9.59 Å². The molecule has 0 aromatic heterocycles. The maximum Gasteiger partial charge on any atom is 0.326 e. The molecule has 158 valence electrons. The normalized spacial score (nSPS) is 28.6. The SMILES string of the molecule is COc1ccc(N2CCCN(CN3C(=O)NC4(CCCCC4C)C3=O)CC2)cc1. The maximum atomic E-state index is 13.2. The monoisotopic (exact) mass is 400 g/mol. The van der Waals surface area contributed by atoms with E-state index in [0.717, 1.165) is 64.0 Å². The van der Waals surface area contributed by atoms with Crippen molar-refractivity contribution in [1.82, 2.24) is 15.1 Å². The number of rotatable bonds is 4. The topological polar surface area (TPSA) is 65.1 Å². The molecule has 1 aliphatic carbocycles. The average molecular weight is 401 g/mol. The number of hydrogen-bond donors (Lipinski definition) is 1. The highest BCUT2D eigenvalue weighted by molar-refractivity contribution is 6.07. The number of urea groups is 1. The van der Waals surface area contributed by atoms with E-state index >= 15 is 0 Å². The number of hydrogen-bond acceptors (Lipinski definition) is 5. The molecule has 3 amide bonds. The molecule has 1 aromatic rings. The second-order valence-corrected chi connectivity index (χ2v) is 8.58. The van der Waals surface area contributed by atoms with Crippen LogP contribution < -0.4 is 15.0 Å². The summed E-state index contributed by atoms with van der Waals surface area (Å²) in [6, 6.07) is 7.91. The standard InChI is InChI=1S/C22H32N4O3/c1-17-6-3-4-11-22(17)20(27)26(21(28)23-22)16-24-12-5-13-25(15-14-24)18-7-9-19(29-2)10-8-18/h7-10,17H,3-6,11-16H2,1-2H3,(H,23,28). The number of nitrogens with one attached hydrogen (secondary N) is 1. The highest BCUT2D eigenvalue weighted by Crippen LogP contribution is 2.38. The summed E-state index contributed by atoms with van der Waals surface area (Å²) in [7, 11) is 1.67. The van der Waals surface area contributed by atoms with Crippen LogP contribution in [0.1, 0.15) is 39.0 Å². The van der Waals surface area contributed by atoms with Gasteiger partial charge in [-0.15, -0.1) is 0 Å². The Kier molecular flexibility index (Phi) is 5.67. The van der Waals surface area contributed by atoms with Crippen LogP contribution in [0, 0.1) is 5.92 Å². The average Bonchev–Trinajstić information content (AvgIpc) is 2.89. The van der Waals surface area contributed by atoms with Crippen molar-refractivity contribution in [2.75, 3.05) is 44.9 Å². The lowest BCUT2D eigenvalue weighted by atomic mass is 9.73. The van der Waals surface area contributed by atoms with Crippen molar-refractivity contribution in [3.63, 3.8) is 0 Å². The Morgan fingerprint density at radius 1 is 1.07 bits per heavy atom. The molecular weight excluding hydrogens is 368 g/mol. The second-order valence-electron chi connectivity index (χ2n) is 8.58. The zero-order valence-corrected chi connectivity index (χ0v) is 17.5. The van der Waals surface area contributed by atoms with Crippen molar-refractivity contribution in [1.29, 1.82) is 0 Å². The van der Waals surface area contributed by atoms with Gasteiger partial charge >= 0.3 is 6.03 Å². The smallest absolute Gasteiger partial charge is 0.326 e. The third-order valence-corrected chi connectivity index (χ3v) is 6.87. The van der Waals surface area contributed by atoms with E-state index in [-0.39, 0.29) is 17.9 Å². The van der Waals surface area contributed by atoms with Crippen molar-refractivity contribution in [2.24, 2.45) is 5.92 Å². The van der Waals surface area contributed by atoms with E-state index in [1.165, 1.54) is 10.6 Å². The van der Waals surface area contributed by atoms with E-state index in [4.69, 9.17) is 4.74 Å². The first-order chi connectivity index (χ1) is 14.0. The van der Waals surface area contributed by atoms with Gasteiger partial charge in [-0.3, -0.25) is 9.69 Å². The van der Waals surface area contributed by atoms with E-state index in [0.29, 0.717) is 6.67 Å². The highest BCUT2D eigenvalue weighted by Gasteiger charge is 2.55. The number of carbonyl (C=O) groups is 2. The minimum atomic E-state index is -0.670. The van der Waals surface area contributed by atoms with Crippen LogP contribution in [0.4, 0.5) is 10.5 Å². The van der Waals surface area contributed by atoms with Gasteiger partial charge in [-0.25, -0.2) is 9.69 Å². The minimum Gasteiger partial charge on any atom is -0.497 e. The third-order valence-electron chi connectivity index (χ3n) is 6.87. The van der Waals surface area contributed by atoms with Crippen molar-refractivity contribution in [3.05, 3.63) is 24.3 Å². The van der Waals surface area contributed by atoms with Crippen LogP contribution in [0.3, 0.4) is 0 Å². The van der Waals surface area contributed by atoms with Crippen LogP contribution in [0.5, 0.6) is 5.75 Å². The highest BCUT2D eigenvalue weighted by atomic mass is 16.5. The molecule has 0 radical (unpaired) electrons. The fourth-order valence-corrected chi connectivity index (χ4v) is 4.99. The molecule has 2 unspecified atom stereocenters. The molecule has 1 aromatic carbocycles. The van der Waals surface area contributed by atoms with E-state index < -0.39 is 5.54 Å². The number of carbonyl (C=O) groups excluding carboxylic acids is 2. The number of benzene rings is 1. The molecule has 2 heterocycles. The lowest BCUT2D eigenvalue weighted by Gasteiger charge is -2.37. The van der Waals surface area contributed by atoms with Crippen LogP contribution in [-0.2, 0) is 4.79 Å². The molecule has 2 aliphatic heterocycles. The predicted molar refractivity (Wildman–Crippen MR) is 112 cm³/mol. The van der Waals surface area contributed by atoms with Gasteiger partial charge in [-0.1, -0.05) is 19.8 Å². The minimum absolute atomic E-state index is 0.0223. The van der Waals surface area contributed by atoms with Gasteiger partial charge in [0.2, 0.25) is 0 Å².